The molecule has 0 bridgehead atoms. The van der Waals surface area contributed by atoms with Crippen LogP contribution in [0.2, 0.25) is 0 Å². The zero-order valence-corrected chi connectivity index (χ0v) is 19.9. The van der Waals surface area contributed by atoms with E-state index in [-0.39, 0.29) is 0 Å². The minimum Gasteiger partial charge on any atom is -0.497 e. The lowest BCUT2D eigenvalue weighted by molar-refractivity contribution is 0.415. The molecular weight excluding hydrogens is 446 g/mol. The number of nitrogens with zero attached hydrogens (tertiary/aromatic N) is 5. The molecule has 5 rings (SSSR count). The molecule has 0 aliphatic carbocycles. The molecule has 0 aliphatic rings. The summed E-state index contributed by atoms with van der Waals surface area (Å²) in [6.45, 7) is 4.14. The van der Waals surface area contributed by atoms with E-state index >= 15 is 0 Å². The van der Waals surface area contributed by atoms with Crippen LogP contribution in [0.5, 0.6) is 5.75 Å². The molecule has 0 unspecified atom stereocenters. The Morgan fingerprint density at radius 3 is 2.09 bits per heavy atom. The SMILES string of the molecule is COc1ccc(-c2nnc(CSc3nnc(-c4ccc(C)cc4)n3-c3ccc(C)cc3)o2)cc1. The van der Waals surface area contributed by atoms with Crippen LogP contribution in [-0.2, 0) is 5.75 Å². The summed E-state index contributed by atoms with van der Waals surface area (Å²) in [5, 5.41) is 18.2. The minimum atomic E-state index is 0.471. The monoisotopic (exact) mass is 469 g/mol. The average molecular weight is 470 g/mol. The number of hydrogen-bond donors (Lipinski definition) is 0. The summed E-state index contributed by atoms with van der Waals surface area (Å²) < 4.78 is 13.2. The Kier molecular flexibility index (Phi) is 6.14. The normalized spacial score (nSPS) is 11.0. The highest BCUT2D eigenvalue weighted by Gasteiger charge is 2.18. The number of methoxy groups -OCH3 is 1. The molecule has 0 saturated carbocycles. The molecule has 2 aromatic heterocycles. The van der Waals surface area contributed by atoms with E-state index in [2.05, 4.69) is 87.3 Å². The van der Waals surface area contributed by atoms with Crippen LogP contribution in [0.4, 0.5) is 0 Å². The van der Waals surface area contributed by atoms with Gasteiger partial charge in [0.1, 0.15) is 5.75 Å². The second-order valence-corrected chi connectivity index (χ2v) is 8.80. The van der Waals surface area contributed by atoms with Gasteiger partial charge >= 0.3 is 0 Å². The number of benzene rings is 3. The number of aryl methyl sites for hydroxylation is 2. The third-order valence-electron chi connectivity index (χ3n) is 5.36. The molecule has 0 radical (unpaired) electrons. The van der Waals surface area contributed by atoms with Crippen molar-refractivity contribution >= 4 is 11.8 Å². The van der Waals surface area contributed by atoms with E-state index in [4.69, 9.17) is 9.15 Å². The number of aromatic nitrogens is 5. The smallest absolute Gasteiger partial charge is 0.247 e. The second kappa shape index (κ2) is 9.52. The predicted octanol–water partition coefficient (Wildman–Crippen LogP) is 5.90. The fourth-order valence-corrected chi connectivity index (χ4v) is 4.26. The zero-order chi connectivity index (χ0) is 23.5. The predicted molar refractivity (Wildman–Crippen MR) is 132 cm³/mol. The highest BCUT2D eigenvalue weighted by molar-refractivity contribution is 7.98. The molecule has 170 valence electrons. The van der Waals surface area contributed by atoms with Gasteiger partial charge in [0.2, 0.25) is 11.8 Å². The molecule has 5 aromatic rings. The first-order valence-corrected chi connectivity index (χ1v) is 11.8. The molecule has 2 heterocycles. The van der Waals surface area contributed by atoms with Gasteiger partial charge in [0.15, 0.2) is 11.0 Å². The lowest BCUT2D eigenvalue weighted by Crippen LogP contribution is -2.00. The Balaban J connectivity index is 1.42. The second-order valence-electron chi connectivity index (χ2n) is 7.86. The van der Waals surface area contributed by atoms with Gasteiger partial charge < -0.3 is 9.15 Å². The van der Waals surface area contributed by atoms with Crippen molar-refractivity contribution in [2.24, 2.45) is 0 Å². The Morgan fingerprint density at radius 2 is 1.41 bits per heavy atom. The van der Waals surface area contributed by atoms with Crippen LogP contribution >= 0.6 is 11.8 Å². The van der Waals surface area contributed by atoms with Crippen molar-refractivity contribution in [2.45, 2.75) is 24.8 Å². The number of rotatable bonds is 7. The fraction of sp³-hybridized carbons (Fsp3) is 0.154. The summed E-state index contributed by atoms with van der Waals surface area (Å²) in [7, 11) is 1.64. The summed E-state index contributed by atoms with van der Waals surface area (Å²) in [5.74, 6) is 3.03. The molecule has 0 spiro atoms. The molecule has 34 heavy (non-hydrogen) atoms. The average Bonchev–Trinajstić information content (AvgIpc) is 3.51. The van der Waals surface area contributed by atoms with Gasteiger partial charge in [0, 0.05) is 16.8 Å². The molecule has 0 amide bonds. The summed E-state index contributed by atoms with van der Waals surface area (Å²) in [6, 6.07) is 24.1. The number of thioether (sulfide) groups is 1. The molecule has 0 aliphatic heterocycles. The van der Waals surface area contributed by atoms with E-state index < -0.39 is 0 Å². The lowest BCUT2D eigenvalue weighted by Gasteiger charge is -2.10. The Bertz CT molecular complexity index is 1390. The van der Waals surface area contributed by atoms with Crippen molar-refractivity contribution in [1.29, 1.82) is 0 Å². The largest absolute Gasteiger partial charge is 0.497 e. The van der Waals surface area contributed by atoms with Crippen LogP contribution in [0, 0.1) is 13.8 Å². The van der Waals surface area contributed by atoms with Crippen LogP contribution in [-0.4, -0.2) is 32.1 Å². The van der Waals surface area contributed by atoms with Crippen molar-refractivity contribution in [3.05, 3.63) is 89.8 Å². The van der Waals surface area contributed by atoms with Gasteiger partial charge in [-0.25, -0.2) is 0 Å². The van der Waals surface area contributed by atoms with E-state index in [0.717, 1.165) is 33.5 Å². The minimum absolute atomic E-state index is 0.471. The summed E-state index contributed by atoms with van der Waals surface area (Å²) in [5.41, 5.74) is 5.24. The van der Waals surface area contributed by atoms with Gasteiger partial charge in [-0.1, -0.05) is 59.3 Å². The van der Waals surface area contributed by atoms with Crippen molar-refractivity contribution in [3.8, 4) is 34.3 Å². The first-order chi connectivity index (χ1) is 16.6. The van der Waals surface area contributed by atoms with Crippen molar-refractivity contribution in [3.63, 3.8) is 0 Å². The van der Waals surface area contributed by atoms with E-state index in [0.29, 0.717) is 17.5 Å². The highest BCUT2D eigenvalue weighted by atomic mass is 32.2. The van der Waals surface area contributed by atoms with Crippen molar-refractivity contribution in [1.82, 2.24) is 25.0 Å². The molecular formula is C26H23N5O2S. The third kappa shape index (κ3) is 4.58. The maximum atomic E-state index is 5.89. The first kappa shape index (κ1) is 21.9. The lowest BCUT2D eigenvalue weighted by atomic mass is 10.1. The van der Waals surface area contributed by atoms with Gasteiger partial charge in [0.25, 0.3) is 0 Å². The Morgan fingerprint density at radius 1 is 0.765 bits per heavy atom. The summed E-state index contributed by atoms with van der Waals surface area (Å²) in [6.07, 6.45) is 0. The number of hydrogen-bond acceptors (Lipinski definition) is 7. The molecule has 7 nitrogen and oxygen atoms in total. The molecule has 0 atom stereocenters. The van der Waals surface area contributed by atoms with E-state index in [1.807, 2.05) is 24.3 Å². The highest BCUT2D eigenvalue weighted by Crippen LogP contribution is 2.30. The van der Waals surface area contributed by atoms with E-state index in [9.17, 15) is 0 Å². The molecule has 0 N–H and O–H groups in total. The quantitative estimate of drug-likeness (QED) is 0.275. The van der Waals surface area contributed by atoms with E-state index in [1.165, 1.54) is 22.9 Å². The third-order valence-corrected chi connectivity index (χ3v) is 6.28. The van der Waals surface area contributed by atoms with Crippen LogP contribution in [0.15, 0.2) is 82.4 Å². The number of ether oxygens (including phenoxy) is 1. The van der Waals surface area contributed by atoms with Crippen LogP contribution in [0.1, 0.15) is 17.0 Å². The van der Waals surface area contributed by atoms with Gasteiger partial charge in [-0.15, -0.1) is 20.4 Å². The molecule has 3 aromatic carbocycles. The Labute approximate surface area is 201 Å². The van der Waals surface area contributed by atoms with Crippen molar-refractivity contribution < 1.29 is 9.15 Å². The molecule has 8 heteroatoms. The molecule has 0 fully saturated rings. The first-order valence-electron chi connectivity index (χ1n) is 10.8. The van der Waals surface area contributed by atoms with Crippen LogP contribution < -0.4 is 4.74 Å². The van der Waals surface area contributed by atoms with E-state index in [1.54, 1.807) is 7.11 Å². The summed E-state index contributed by atoms with van der Waals surface area (Å²) >= 11 is 1.51. The van der Waals surface area contributed by atoms with Gasteiger partial charge in [-0.3, -0.25) is 4.57 Å². The topological polar surface area (TPSA) is 78.9 Å². The van der Waals surface area contributed by atoms with Gasteiger partial charge in [-0.05, 0) is 50.2 Å². The zero-order valence-electron chi connectivity index (χ0n) is 19.1. The summed E-state index contributed by atoms with van der Waals surface area (Å²) in [4.78, 5) is 0. The molecule has 0 saturated heterocycles. The van der Waals surface area contributed by atoms with Crippen LogP contribution in [0.25, 0.3) is 28.5 Å². The van der Waals surface area contributed by atoms with Crippen LogP contribution in [0.3, 0.4) is 0 Å². The van der Waals surface area contributed by atoms with Crippen molar-refractivity contribution in [2.75, 3.05) is 7.11 Å². The maximum Gasteiger partial charge on any atom is 0.247 e. The van der Waals surface area contributed by atoms with Gasteiger partial charge in [0.05, 0.1) is 12.9 Å². The van der Waals surface area contributed by atoms with Gasteiger partial charge in [-0.2, -0.15) is 0 Å². The standard InChI is InChI=1S/C26H23N5O2S/c1-17-4-8-19(9-5-17)24-28-30-26(31(24)21-12-6-18(2)7-13-21)34-16-23-27-29-25(33-23)20-10-14-22(32-3)15-11-20/h4-15H,16H2,1-3H3. The fourth-order valence-electron chi connectivity index (χ4n) is 3.47. The Hall–Kier alpha value is -3.91. The maximum absolute atomic E-state index is 5.89.